The van der Waals surface area contributed by atoms with Gasteiger partial charge >= 0.3 is 0 Å². The Balaban J connectivity index is 2.69. The molecule has 0 aliphatic rings. The molecule has 0 amide bonds. The van der Waals surface area contributed by atoms with E-state index >= 15 is 0 Å². The Hall–Kier alpha value is -0.250. The van der Waals surface area contributed by atoms with E-state index in [-0.39, 0.29) is 21.2 Å². The van der Waals surface area contributed by atoms with Crippen molar-refractivity contribution in [3.05, 3.63) is 43.6 Å². The summed E-state index contributed by atoms with van der Waals surface area (Å²) >= 11 is 29.5. The molecule has 1 aromatic heterocycles. The van der Waals surface area contributed by atoms with Crippen molar-refractivity contribution >= 4 is 58.0 Å². The Morgan fingerprint density at radius 3 is 1.71 bits per heavy atom. The van der Waals surface area contributed by atoms with Crippen molar-refractivity contribution in [1.82, 2.24) is 9.97 Å². The van der Waals surface area contributed by atoms with Gasteiger partial charge in [0, 0.05) is 0 Å². The van der Waals surface area contributed by atoms with Gasteiger partial charge in [0.25, 0.3) is 0 Å². The fourth-order valence-corrected chi connectivity index (χ4v) is 2.26. The Kier molecular flexibility index (Phi) is 4.01. The van der Waals surface area contributed by atoms with Gasteiger partial charge in [-0.25, -0.2) is 9.97 Å². The Labute approximate surface area is 122 Å². The highest BCUT2D eigenvalue weighted by atomic mass is 35.5. The summed E-state index contributed by atoms with van der Waals surface area (Å²) in [6, 6.07) is 5.05. The first-order chi connectivity index (χ1) is 8.00. The summed E-state index contributed by atoms with van der Waals surface area (Å²) in [6.45, 7) is 0. The van der Waals surface area contributed by atoms with Crippen molar-refractivity contribution in [3.8, 4) is 11.4 Å². The molecule has 0 fully saturated rings. The van der Waals surface area contributed by atoms with Gasteiger partial charge in [-0.2, -0.15) is 0 Å². The van der Waals surface area contributed by atoms with Gasteiger partial charge in [0.15, 0.2) is 16.1 Å². The van der Waals surface area contributed by atoms with Crippen LogP contribution in [-0.4, -0.2) is 9.97 Å². The monoisotopic (exact) mass is 326 g/mol. The number of hydrogen-bond donors (Lipinski definition) is 0. The van der Waals surface area contributed by atoms with Crippen LogP contribution < -0.4 is 0 Å². The maximum Gasteiger partial charge on any atom is 0.165 e. The number of nitrogens with zero attached hydrogens (tertiary/aromatic N) is 2. The predicted octanol–water partition coefficient (Wildman–Crippen LogP) is 5.41. The molecule has 2 rings (SSSR count). The van der Waals surface area contributed by atoms with E-state index in [9.17, 15) is 0 Å². The van der Waals surface area contributed by atoms with Crippen molar-refractivity contribution < 1.29 is 0 Å². The minimum Gasteiger partial charge on any atom is -0.214 e. The SMILES string of the molecule is Clc1cccc(Cl)c1-c1nc(Cl)c(Cl)c(Cl)n1. The molecule has 0 saturated heterocycles. The molecular formula is C10H3Cl5N2. The summed E-state index contributed by atoms with van der Waals surface area (Å²) in [7, 11) is 0. The van der Waals surface area contributed by atoms with Crippen LogP contribution in [0.15, 0.2) is 18.2 Å². The van der Waals surface area contributed by atoms with Gasteiger partial charge in [-0.05, 0) is 12.1 Å². The Morgan fingerprint density at radius 1 is 0.765 bits per heavy atom. The summed E-state index contributed by atoms with van der Waals surface area (Å²) in [4.78, 5) is 7.99. The molecular weight excluding hydrogens is 325 g/mol. The summed E-state index contributed by atoms with van der Waals surface area (Å²) in [5, 5.41) is 1.02. The highest BCUT2D eigenvalue weighted by Crippen LogP contribution is 2.35. The molecule has 2 aromatic rings. The highest BCUT2D eigenvalue weighted by molar-refractivity contribution is 6.47. The van der Waals surface area contributed by atoms with Gasteiger partial charge in [-0.3, -0.25) is 0 Å². The topological polar surface area (TPSA) is 25.8 Å². The van der Waals surface area contributed by atoms with Crippen LogP contribution in [0.3, 0.4) is 0 Å². The van der Waals surface area contributed by atoms with Crippen LogP contribution in [0.5, 0.6) is 0 Å². The van der Waals surface area contributed by atoms with E-state index in [1.807, 2.05) is 0 Å². The summed E-state index contributed by atoms with van der Waals surface area (Å²) < 4.78 is 0. The fraction of sp³-hybridized carbons (Fsp3) is 0. The van der Waals surface area contributed by atoms with Crippen LogP contribution in [-0.2, 0) is 0 Å². The second-order valence-corrected chi connectivity index (χ2v) is 4.95. The van der Waals surface area contributed by atoms with E-state index in [0.717, 1.165) is 0 Å². The summed E-state index contributed by atoms with van der Waals surface area (Å²) in [6.07, 6.45) is 0. The number of rotatable bonds is 1. The third kappa shape index (κ3) is 2.61. The molecule has 1 aromatic carbocycles. The molecule has 0 aliphatic heterocycles. The average Bonchev–Trinajstić information content (AvgIpc) is 2.25. The first-order valence-electron chi connectivity index (χ1n) is 4.33. The Morgan fingerprint density at radius 2 is 1.24 bits per heavy atom. The van der Waals surface area contributed by atoms with Gasteiger partial charge in [0.1, 0.15) is 5.02 Å². The molecule has 0 saturated carbocycles. The van der Waals surface area contributed by atoms with Gasteiger partial charge in [-0.15, -0.1) is 0 Å². The molecule has 0 unspecified atom stereocenters. The standard InChI is InChI=1S/C10H3Cl5N2/c11-4-2-1-3-5(12)6(4)10-16-8(14)7(13)9(15)17-10/h1-3H. The maximum atomic E-state index is 6.02. The predicted molar refractivity (Wildman–Crippen MR) is 72.5 cm³/mol. The lowest BCUT2D eigenvalue weighted by molar-refractivity contribution is 1.18. The molecule has 0 N–H and O–H groups in total. The normalized spacial score (nSPS) is 10.6. The first kappa shape index (κ1) is 13.2. The third-order valence-electron chi connectivity index (χ3n) is 1.96. The number of aromatic nitrogens is 2. The second kappa shape index (κ2) is 5.17. The quantitative estimate of drug-likeness (QED) is 0.654. The van der Waals surface area contributed by atoms with E-state index in [1.165, 1.54) is 0 Å². The highest BCUT2D eigenvalue weighted by Gasteiger charge is 2.15. The minimum atomic E-state index is 0.0534. The van der Waals surface area contributed by atoms with E-state index in [1.54, 1.807) is 18.2 Å². The molecule has 0 aliphatic carbocycles. The average molecular weight is 328 g/mol. The van der Waals surface area contributed by atoms with Gasteiger partial charge in [0.2, 0.25) is 0 Å². The van der Waals surface area contributed by atoms with E-state index in [0.29, 0.717) is 15.6 Å². The van der Waals surface area contributed by atoms with Crippen LogP contribution in [0, 0.1) is 0 Å². The molecule has 0 bridgehead atoms. The molecule has 88 valence electrons. The molecule has 17 heavy (non-hydrogen) atoms. The van der Waals surface area contributed by atoms with Crippen LogP contribution in [0.1, 0.15) is 0 Å². The number of benzene rings is 1. The molecule has 0 radical (unpaired) electrons. The van der Waals surface area contributed by atoms with Crippen molar-refractivity contribution in [3.63, 3.8) is 0 Å². The van der Waals surface area contributed by atoms with Crippen molar-refractivity contribution in [2.45, 2.75) is 0 Å². The Bertz CT molecular complexity index is 542. The van der Waals surface area contributed by atoms with Crippen molar-refractivity contribution in [1.29, 1.82) is 0 Å². The zero-order valence-corrected chi connectivity index (χ0v) is 11.8. The summed E-state index contributed by atoms with van der Waals surface area (Å²) in [5.41, 5.74) is 0.469. The molecule has 7 heteroatoms. The maximum absolute atomic E-state index is 6.02. The lowest BCUT2D eigenvalue weighted by Crippen LogP contribution is -1.93. The first-order valence-corrected chi connectivity index (χ1v) is 6.22. The lowest BCUT2D eigenvalue weighted by atomic mass is 10.2. The van der Waals surface area contributed by atoms with Crippen LogP contribution in [0.4, 0.5) is 0 Å². The van der Waals surface area contributed by atoms with Gasteiger partial charge in [0.05, 0.1) is 15.6 Å². The zero-order valence-electron chi connectivity index (χ0n) is 8.02. The zero-order chi connectivity index (χ0) is 12.6. The van der Waals surface area contributed by atoms with E-state index in [4.69, 9.17) is 58.0 Å². The molecule has 1 heterocycles. The third-order valence-corrected chi connectivity index (χ3v) is 3.69. The van der Waals surface area contributed by atoms with Gasteiger partial charge in [-0.1, -0.05) is 64.1 Å². The van der Waals surface area contributed by atoms with Gasteiger partial charge < -0.3 is 0 Å². The van der Waals surface area contributed by atoms with E-state index < -0.39 is 0 Å². The van der Waals surface area contributed by atoms with Crippen molar-refractivity contribution in [2.24, 2.45) is 0 Å². The van der Waals surface area contributed by atoms with Crippen molar-refractivity contribution in [2.75, 3.05) is 0 Å². The largest absolute Gasteiger partial charge is 0.214 e. The number of hydrogen-bond acceptors (Lipinski definition) is 2. The second-order valence-electron chi connectivity index (χ2n) is 3.04. The molecule has 2 nitrogen and oxygen atoms in total. The fourth-order valence-electron chi connectivity index (χ4n) is 1.22. The lowest BCUT2D eigenvalue weighted by Gasteiger charge is -2.07. The van der Waals surface area contributed by atoms with Crippen LogP contribution >= 0.6 is 58.0 Å². The van der Waals surface area contributed by atoms with Crippen LogP contribution in [0.2, 0.25) is 25.4 Å². The number of halogens is 5. The molecule has 0 atom stereocenters. The molecule has 0 spiro atoms. The smallest absolute Gasteiger partial charge is 0.165 e. The van der Waals surface area contributed by atoms with Crippen LogP contribution in [0.25, 0.3) is 11.4 Å². The van der Waals surface area contributed by atoms with E-state index in [2.05, 4.69) is 9.97 Å². The summed E-state index contributed by atoms with van der Waals surface area (Å²) in [5.74, 6) is 0.236. The minimum absolute atomic E-state index is 0.0534.